The standard InChI is InChI=1S/C26H25Cl2F4N5O/c1-25(29)9-6-16(7-10-25)35-12-14-36(15-13-35)24(38)20-22(17-4-3-5-18(27)21(17)28)37-19(8-11-33-37)34(2)23(20)26(30,31)32/h3-9,11,22H,10,12-15H2,1-2H3. The van der Waals surface area contributed by atoms with E-state index in [1.54, 1.807) is 24.3 Å². The van der Waals surface area contributed by atoms with Crippen molar-refractivity contribution < 1.29 is 22.4 Å². The Balaban J connectivity index is 1.52. The van der Waals surface area contributed by atoms with Gasteiger partial charge in [0.25, 0.3) is 5.91 Å². The van der Waals surface area contributed by atoms with E-state index in [1.165, 1.54) is 48.0 Å². The molecule has 2 aromatic rings. The minimum atomic E-state index is -4.84. The number of allylic oxidation sites excluding steroid dienone is 4. The molecule has 0 bridgehead atoms. The lowest BCUT2D eigenvalue weighted by Gasteiger charge is -2.41. The summed E-state index contributed by atoms with van der Waals surface area (Å²) in [7, 11) is 1.26. The van der Waals surface area contributed by atoms with Crippen LogP contribution >= 0.6 is 23.2 Å². The van der Waals surface area contributed by atoms with Crippen LogP contribution in [0.2, 0.25) is 10.0 Å². The van der Waals surface area contributed by atoms with Gasteiger partial charge in [-0.15, -0.1) is 0 Å². The molecule has 2 unspecified atom stereocenters. The third-order valence-corrected chi connectivity index (χ3v) is 7.95. The number of halogens is 6. The van der Waals surface area contributed by atoms with Crippen LogP contribution in [0.5, 0.6) is 0 Å². The van der Waals surface area contributed by atoms with Crippen molar-refractivity contribution in [2.45, 2.75) is 31.2 Å². The number of carbonyl (C=O) groups excluding carboxylic acids is 1. The van der Waals surface area contributed by atoms with Crippen LogP contribution in [0, 0.1) is 0 Å². The Morgan fingerprint density at radius 1 is 1.13 bits per heavy atom. The average molecular weight is 570 g/mol. The van der Waals surface area contributed by atoms with Crippen molar-refractivity contribution in [3.63, 3.8) is 0 Å². The second-order valence-corrected chi connectivity index (χ2v) is 10.5. The maximum atomic E-state index is 14.6. The minimum absolute atomic E-state index is 0.0534. The van der Waals surface area contributed by atoms with Gasteiger partial charge in [-0.3, -0.25) is 4.79 Å². The molecule has 12 heteroatoms. The third-order valence-electron chi connectivity index (χ3n) is 7.12. The fraction of sp³-hybridized carbons (Fsp3) is 0.385. The summed E-state index contributed by atoms with van der Waals surface area (Å²) in [6, 6.07) is 4.87. The van der Waals surface area contributed by atoms with Gasteiger partial charge in [-0.1, -0.05) is 41.4 Å². The second-order valence-electron chi connectivity index (χ2n) is 9.72. The molecule has 0 spiro atoms. The number of rotatable bonds is 3. The third kappa shape index (κ3) is 4.68. The van der Waals surface area contributed by atoms with Gasteiger partial charge in [0.15, 0.2) is 0 Å². The number of anilines is 1. The predicted molar refractivity (Wildman–Crippen MR) is 138 cm³/mol. The zero-order valence-electron chi connectivity index (χ0n) is 20.6. The van der Waals surface area contributed by atoms with Gasteiger partial charge in [0.05, 0.1) is 21.8 Å². The van der Waals surface area contributed by atoms with Crippen molar-refractivity contribution in [2.75, 3.05) is 38.1 Å². The molecule has 3 heterocycles. The summed E-state index contributed by atoms with van der Waals surface area (Å²) in [5, 5.41) is 4.47. The molecule has 1 amide bonds. The van der Waals surface area contributed by atoms with E-state index in [4.69, 9.17) is 23.2 Å². The Hall–Kier alpha value is -2.98. The number of alkyl halides is 4. The van der Waals surface area contributed by atoms with Crippen molar-refractivity contribution in [3.8, 4) is 0 Å². The first kappa shape index (κ1) is 26.6. The van der Waals surface area contributed by atoms with Crippen molar-refractivity contribution in [3.05, 3.63) is 81.3 Å². The number of carbonyl (C=O) groups is 1. The number of aromatic nitrogens is 2. The first-order valence-corrected chi connectivity index (χ1v) is 12.8. The molecule has 2 atom stereocenters. The summed E-state index contributed by atoms with van der Waals surface area (Å²) in [5.74, 6) is -0.592. The SMILES string of the molecule is CN1C(C(F)(F)F)=C(C(=O)N2CCN(C3=CCC(C)(F)C=C3)CC2)C(c2cccc(Cl)c2Cl)n2nccc21. The van der Waals surface area contributed by atoms with Crippen LogP contribution < -0.4 is 4.90 Å². The number of benzene rings is 1. The highest BCUT2D eigenvalue weighted by Gasteiger charge is 2.49. The highest BCUT2D eigenvalue weighted by molar-refractivity contribution is 6.42. The van der Waals surface area contributed by atoms with Gasteiger partial charge in [-0.05, 0) is 25.1 Å². The highest BCUT2D eigenvalue weighted by atomic mass is 35.5. The molecule has 1 fully saturated rings. The smallest absolute Gasteiger partial charge is 0.368 e. The van der Waals surface area contributed by atoms with E-state index in [-0.39, 0.29) is 40.9 Å². The van der Waals surface area contributed by atoms with Crippen LogP contribution in [0.1, 0.15) is 24.9 Å². The average Bonchev–Trinajstić information content (AvgIpc) is 3.35. The summed E-state index contributed by atoms with van der Waals surface area (Å²) < 4.78 is 59.3. The van der Waals surface area contributed by atoms with Gasteiger partial charge in [0, 0.05) is 57.0 Å². The first-order chi connectivity index (χ1) is 17.9. The Morgan fingerprint density at radius 2 is 1.84 bits per heavy atom. The van der Waals surface area contributed by atoms with E-state index >= 15 is 0 Å². The molecule has 2 aliphatic heterocycles. The Morgan fingerprint density at radius 3 is 2.47 bits per heavy atom. The summed E-state index contributed by atoms with van der Waals surface area (Å²) >= 11 is 12.7. The zero-order valence-corrected chi connectivity index (χ0v) is 22.2. The maximum absolute atomic E-state index is 14.6. The van der Waals surface area contributed by atoms with E-state index in [1.807, 2.05) is 4.90 Å². The fourth-order valence-electron chi connectivity index (χ4n) is 5.17. The van der Waals surface area contributed by atoms with E-state index in [2.05, 4.69) is 5.10 Å². The molecule has 0 radical (unpaired) electrons. The molecule has 0 saturated carbocycles. The van der Waals surface area contributed by atoms with Crippen LogP contribution in [0.4, 0.5) is 23.4 Å². The van der Waals surface area contributed by atoms with Crippen molar-refractivity contribution in [2.24, 2.45) is 0 Å². The summed E-state index contributed by atoms with van der Waals surface area (Å²) in [6.07, 6.45) is 1.79. The molecular weight excluding hydrogens is 545 g/mol. The van der Waals surface area contributed by atoms with Crippen molar-refractivity contribution in [1.29, 1.82) is 0 Å². The molecule has 1 aliphatic carbocycles. The molecule has 202 valence electrons. The second kappa shape index (κ2) is 9.64. The molecule has 0 N–H and O–H groups in total. The van der Waals surface area contributed by atoms with E-state index in [9.17, 15) is 22.4 Å². The minimum Gasteiger partial charge on any atom is -0.368 e. The number of nitrogens with zero attached hydrogens (tertiary/aromatic N) is 5. The topological polar surface area (TPSA) is 44.6 Å². The van der Waals surface area contributed by atoms with Crippen molar-refractivity contribution >= 4 is 34.9 Å². The lowest BCUT2D eigenvalue weighted by Crippen LogP contribution is -2.51. The molecule has 1 aromatic carbocycles. The van der Waals surface area contributed by atoms with E-state index in [0.717, 1.165) is 10.6 Å². The Kier molecular flexibility index (Phi) is 6.76. The van der Waals surface area contributed by atoms with Crippen LogP contribution in [0.25, 0.3) is 0 Å². The van der Waals surface area contributed by atoms with E-state index in [0.29, 0.717) is 13.1 Å². The predicted octanol–water partition coefficient (Wildman–Crippen LogP) is 5.76. The molecule has 38 heavy (non-hydrogen) atoms. The van der Waals surface area contributed by atoms with Gasteiger partial charge in [-0.2, -0.15) is 18.3 Å². The monoisotopic (exact) mass is 569 g/mol. The number of fused-ring (bicyclic) bond motifs is 1. The summed E-state index contributed by atoms with van der Waals surface area (Å²) in [4.78, 5) is 18.3. The van der Waals surface area contributed by atoms with Gasteiger partial charge < -0.3 is 14.7 Å². The largest absolute Gasteiger partial charge is 0.432 e. The zero-order chi connectivity index (χ0) is 27.4. The quantitative estimate of drug-likeness (QED) is 0.441. The number of hydrogen-bond donors (Lipinski definition) is 0. The lowest BCUT2D eigenvalue weighted by atomic mass is 9.92. The fourth-order valence-corrected chi connectivity index (χ4v) is 5.58. The highest BCUT2D eigenvalue weighted by Crippen LogP contribution is 2.47. The van der Waals surface area contributed by atoms with Gasteiger partial charge in [0.1, 0.15) is 23.2 Å². The van der Waals surface area contributed by atoms with Crippen LogP contribution in [-0.2, 0) is 4.79 Å². The summed E-state index contributed by atoms with van der Waals surface area (Å²) in [6.45, 7) is 2.67. The number of amides is 1. The van der Waals surface area contributed by atoms with Crippen LogP contribution in [0.15, 0.2) is 65.7 Å². The van der Waals surface area contributed by atoms with Gasteiger partial charge in [-0.25, -0.2) is 9.07 Å². The van der Waals surface area contributed by atoms with Crippen LogP contribution in [0.3, 0.4) is 0 Å². The molecule has 1 aromatic heterocycles. The van der Waals surface area contributed by atoms with Gasteiger partial charge in [0.2, 0.25) is 0 Å². The molecule has 3 aliphatic rings. The normalized spacial score (nSPS) is 24.1. The first-order valence-electron chi connectivity index (χ1n) is 12.0. The molecule has 1 saturated heterocycles. The van der Waals surface area contributed by atoms with Gasteiger partial charge >= 0.3 is 6.18 Å². The molecule has 6 nitrogen and oxygen atoms in total. The van der Waals surface area contributed by atoms with Crippen LogP contribution in [-0.4, -0.2) is 70.6 Å². The Bertz CT molecular complexity index is 1360. The molecule has 5 rings (SSSR count). The van der Waals surface area contributed by atoms with Crippen molar-refractivity contribution in [1.82, 2.24) is 19.6 Å². The number of hydrogen-bond acceptors (Lipinski definition) is 4. The summed E-state index contributed by atoms with van der Waals surface area (Å²) in [5.41, 5.74) is -1.87. The van der Waals surface area contributed by atoms with E-state index < -0.39 is 35.1 Å². The maximum Gasteiger partial charge on any atom is 0.432 e. The Labute approximate surface area is 227 Å². The lowest BCUT2D eigenvalue weighted by molar-refractivity contribution is -0.131. The molecular formula is C26H25Cl2F4N5O. The number of piperazine rings is 1.